The molecule has 1 atom stereocenters. The second-order valence-electron chi connectivity index (χ2n) is 5.56. The Hall–Kier alpha value is -1.64. The fourth-order valence-corrected chi connectivity index (χ4v) is 2.55. The first kappa shape index (κ1) is 15.7. The third kappa shape index (κ3) is 5.33. The topological polar surface area (TPSA) is 21.3 Å². The first-order valence-electron chi connectivity index (χ1n) is 7.60. The van der Waals surface area contributed by atoms with E-state index in [-0.39, 0.29) is 0 Å². The summed E-state index contributed by atoms with van der Waals surface area (Å²) in [5.74, 6) is 0.500. The first-order valence-corrected chi connectivity index (χ1v) is 7.60. The second kappa shape index (κ2) is 8.60. The minimum Gasteiger partial charge on any atom is -0.376 e. The molecule has 21 heavy (non-hydrogen) atoms. The van der Waals surface area contributed by atoms with E-state index in [0.717, 1.165) is 19.6 Å². The normalized spacial score (nSPS) is 12.3. The van der Waals surface area contributed by atoms with Gasteiger partial charge in [0.2, 0.25) is 0 Å². The molecule has 1 N–H and O–H groups in total. The molecule has 0 amide bonds. The highest BCUT2D eigenvalue weighted by atomic mass is 16.5. The Bertz CT molecular complexity index is 524. The Labute approximate surface area is 128 Å². The highest BCUT2D eigenvalue weighted by molar-refractivity contribution is 5.26. The van der Waals surface area contributed by atoms with Crippen molar-refractivity contribution in [3.8, 4) is 0 Å². The summed E-state index contributed by atoms with van der Waals surface area (Å²) >= 11 is 0. The maximum Gasteiger partial charge on any atom is 0.0717 e. The van der Waals surface area contributed by atoms with Crippen LogP contribution in [0, 0.1) is 12.8 Å². The van der Waals surface area contributed by atoms with Gasteiger partial charge < -0.3 is 10.1 Å². The van der Waals surface area contributed by atoms with Gasteiger partial charge in [-0.2, -0.15) is 0 Å². The van der Waals surface area contributed by atoms with E-state index in [4.69, 9.17) is 4.74 Å². The fraction of sp³-hybridized carbons (Fsp3) is 0.368. The summed E-state index contributed by atoms with van der Waals surface area (Å²) in [6, 6.07) is 19.0. The molecule has 0 heterocycles. The average Bonchev–Trinajstić information content (AvgIpc) is 2.51. The molecule has 2 nitrogen and oxygen atoms in total. The summed E-state index contributed by atoms with van der Waals surface area (Å²) in [7, 11) is 2.00. The van der Waals surface area contributed by atoms with Crippen LogP contribution in [-0.2, 0) is 17.8 Å². The van der Waals surface area contributed by atoms with Crippen LogP contribution in [0.4, 0.5) is 0 Å². The molecule has 0 spiro atoms. The van der Waals surface area contributed by atoms with E-state index < -0.39 is 0 Å². The summed E-state index contributed by atoms with van der Waals surface area (Å²) < 4.78 is 5.91. The molecule has 112 valence electrons. The van der Waals surface area contributed by atoms with Crippen LogP contribution in [0.15, 0.2) is 54.6 Å². The maximum absolute atomic E-state index is 5.91. The molecule has 0 saturated carbocycles. The number of hydrogen-bond donors (Lipinski definition) is 1. The van der Waals surface area contributed by atoms with E-state index in [1.54, 1.807) is 0 Å². The minimum atomic E-state index is 0.500. The molecule has 0 saturated heterocycles. The standard InChI is InChI=1S/C19H25NO/c1-16-8-6-7-11-19(16)12-18(13-20-2)15-21-14-17-9-4-3-5-10-17/h3-11,18,20H,12-15H2,1-2H3. The monoisotopic (exact) mass is 283 g/mol. The van der Waals surface area contributed by atoms with Crippen LogP contribution in [0.5, 0.6) is 0 Å². The molecule has 2 heteroatoms. The number of benzene rings is 2. The van der Waals surface area contributed by atoms with Crippen molar-refractivity contribution in [2.45, 2.75) is 20.0 Å². The quantitative estimate of drug-likeness (QED) is 0.799. The van der Waals surface area contributed by atoms with Gasteiger partial charge in [-0.3, -0.25) is 0 Å². The van der Waals surface area contributed by atoms with Gasteiger partial charge in [-0.05, 0) is 43.0 Å². The van der Waals surface area contributed by atoms with Gasteiger partial charge in [0.15, 0.2) is 0 Å². The Balaban J connectivity index is 1.86. The van der Waals surface area contributed by atoms with E-state index in [2.05, 4.69) is 60.8 Å². The van der Waals surface area contributed by atoms with Gasteiger partial charge in [-0.1, -0.05) is 54.6 Å². The number of nitrogens with one attached hydrogen (secondary N) is 1. The number of aryl methyl sites for hydroxylation is 1. The van der Waals surface area contributed by atoms with Gasteiger partial charge in [-0.25, -0.2) is 0 Å². The van der Waals surface area contributed by atoms with Crippen LogP contribution in [0.25, 0.3) is 0 Å². The summed E-state index contributed by atoms with van der Waals surface area (Å²) in [6.45, 7) is 4.62. The van der Waals surface area contributed by atoms with Crippen molar-refractivity contribution < 1.29 is 4.74 Å². The highest BCUT2D eigenvalue weighted by Gasteiger charge is 2.10. The Morgan fingerprint density at radius 2 is 1.71 bits per heavy atom. The summed E-state index contributed by atoms with van der Waals surface area (Å²) in [4.78, 5) is 0. The van der Waals surface area contributed by atoms with Crippen molar-refractivity contribution in [2.24, 2.45) is 5.92 Å². The molecule has 1 unspecified atom stereocenters. The summed E-state index contributed by atoms with van der Waals surface area (Å²) in [5.41, 5.74) is 4.01. The van der Waals surface area contributed by atoms with Crippen LogP contribution in [0.1, 0.15) is 16.7 Å². The van der Waals surface area contributed by atoms with Crippen LogP contribution in [0.3, 0.4) is 0 Å². The van der Waals surface area contributed by atoms with Gasteiger partial charge in [-0.15, -0.1) is 0 Å². The zero-order chi connectivity index (χ0) is 14.9. The van der Waals surface area contributed by atoms with Gasteiger partial charge in [0.05, 0.1) is 13.2 Å². The van der Waals surface area contributed by atoms with Crippen molar-refractivity contribution in [1.82, 2.24) is 5.32 Å². The number of rotatable bonds is 8. The van der Waals surface area contributed by atoms with Crippen molar-refractivity contribution in [3.05, 3.63) is 71.3 Å². The fourth-order valence-electron chi connectivity index (χ4n) is 2.55. The zero-order valence-electron chi connectivity index (χ0n) is 13.0. The second-order valence-corrected chi connectivity index (χ2v) is 5.56. The Kier molecular flexibility index (Phi) is 6.45. The summed E-state index contributed by atoms with van der Waals surface area (Å²) in [6.07, 6.45) is 1.06. The molecule has 2 aromatic rings. The van der Waals surface area contributed by atoms with Crippen molar-refractivity contribution in [1.29, 1.82) is 0 Å². The molecule has 0 fully saturated rings. The average molecular weight is 283 g/mol. The third-order valence-electron chi connectivity index (χ3n) is 3.73. The SMILES string of the molecule is CNCC(COCc1ccccc1)Cc1ccccc1C. The molecule has 0 aliphatic rings. The number of hydrogen-bond acceptors (Lipinski definition) is 2. The van der Waals surface area contributed by atoms with E-state index in [1.165, 1.54) is 16.7 Å². The van der Waals surface area contributed by atoms with Crippen molar-refractivity contribution in [3.63, 3.8) is 0 Å². The minimum absolute atomic E-state index is 0.500. The maximum atomic E-state index is 5.91. The molecule has 2 aromatic carbocycles. The predicted octanol–water partition coefficient (Wildman–Crippen LogP) is 3.59. The third-order valence-corrected chi connectivity index (χ3v) is 3.73. The number of ether oxygens (including phenoxy) is 1. The van der Waals surface area contributed by atoms with E-state index in [0.29, 0.717) is 12.5 Å². The van der Waals surface area contributed by atoms with Crippen LogP contribution < -0.4 is 5.32 Å². The molecular formula is C19H25NO. The van der Waals surface area contributed by atoms with Crippen LogP contribution >= 0.6 is 0 Å². The smallest absolute Gasteiger partial charge is 0.0717 e. The van der Waals surface area contributed by atoms with Crippen LogP contribution in [-0.4, -0.2) is 20.2 Å². The van der Waals surface area contributed by atoms with Crippen LogP contribution in [0.2, 0.25) is 0 Å². The predicted molar refractivity (Wildman–Crippen MR) is 88.4 cm³/mol. The summed E-state index contributed by atoms with van der Waals surface area (Å²) in [5, 5.41) is 3.28. The van der Waals surface area contributed by atoms with Crippen molar-refractivity contribution in [2.75, 3.05) is 20.2 Å². The molecule has 0 aliphatic heterocycles. The highest BCUT2D eigenvalue weighted by Crippen LogP contribution is 2.14. The molecule has 0 radical (unpaired) electrons. The largest absolute Gasteiger partial charge is 0.376 e. The molecule has 0 aliphatic carbocycles. The molecular weight excluding hydrogens is 258 g/mol. The molecule has 2 rings (SSSR count). The van der Waals surface area contributed by atoms with Crippen molar-refractivity contribution >= 4 is 0 Å². The lowest BCUT2D eigenvalue weighted by Crippen LogP contribution is -2.25. The Morgan fingerprint density at radius 1 is 1.00 bits per heavy atom. The van der Waals surface area contributed by atoms with E-state index in [1.807, 2.05) is 13.1 Å². The Morgan fingerprint density at radius 3 is 2.43 bits per heavy atom. The zero-order valence-corrected chi connectivity index (χ0v) is 13.0. The molecule has 0 bridgehead atoms. The first-order chi connectivity index (χ1) is 10.3. The van der Waals surface area contributed by atoms with Gasteiger partial charge in [0.1, 0.15) is 0 Å². The van der Waals surface area contributed by atoms with Gasteiger partial charge in [0, 0.05) is 6.54 Å². The van der Waals surface area contributed by atoms with Gasteiger partial charge in [0.25, 0.3) is 0 Å². The van der Waals surface area contributed by atoms with E-state index >= 15 is 0 Å². The van der Waals surface area contributed by atoms with E-state index in [9.17, 15) is 0 Å². The molecule has 0 aromatic heterocycles. The lowest BCUT2D eigenvalue weighted by molar-refractivity contribution is 0.0871. The lowest BCUT2D eigenvalue weighted by Gasteiger charge is -2.18. The van der Waals surface area contributed by atoms with Gasteiger partial charge >= 0.3 is 0 Å². The lowest BCUT2D eigenvalue weighted by atomic mass is 9.96.